The molecule has 0 aromatic rings. The quantitative estimate of drug-likeness (QED) is 0.498. The molecule has 1 aliphatic rings. The zero-order valence-electron chi connectivity index (χ0n) is 4.68. The monoisotopic (exact) mass is 134 g/mol. The Morgan fingerprint density at radius 1 is 1.43 bits per heavy atom. The number of thioether (sulfide) groups is 2. The zero-order chi connectivity index (χ0) is 5.28. The summed E-state index contributed by atoms with van der Waals surface area (Å²) in [6.45, 7) is 4.57. The normalized spacial score (nSPS) is 42.0. The topological polar surface area (TPSA) is 0 Å². The molecule has 7 heavy (non-hydrogen) atoms. The van der Waals surface area contributed by atoms with Gasteiger partial charge in [0.2, 0.25) is 0 Å². The summed E-state index contributed by atoms with van der Waals surface area (Å²) in [5.74, 6) is 1.35. The second-order valence-corrected chi connectivity index (χ2v) is 5.30. The second-order valence-electron chi connectivity index (χ2n) is 1.85. The Hall–Kier alpha value is 0.700. The Labute approximate surface area is 53.4 Å². The molecule has 0 aromatic carbocycles. The molecule has 0 nitrogen and oxygen atoms in total. The Morgan fingerprint density at radius 3 is 2.29 bits per heavy atom. The lowest BCUT2D eigenvalue weighted by Crippen LogP contribution is -1.89. The van der Waals surface area contributed by atoms with Gasteiger partial charge in [-0.15, -0.1) is 23.5 Å². The summed E-state index contributed by atoms with van der Waals surface area (Å²) in [6, 6.07) is 0. The van der Waals surface area contributed by atoms with Crippen molar-refractivity contribution in [1.29, 1.82) is 0 Å². The molecule has 1 saturated heterocycles. The maximum atomic E-state index is 2.29. The van der Waals surface area contributed by atoms with Gasteiger partial charge >= 0.3 is 0 Å². The molecule has 2 unspecified atom stereocenters. The molecular formula is C5H10S2. The minimum absolute atomic E-state index is 0.856. The van der Waals surface area contributed by atoms with Gasteiger partial charge < -0.3 is 0 Å². The zero-order valence-corrected chi connectivity index (χ0v) is 6.31. The first-order chi connectivity index (χ1) is 3.29. The molecule has 0 saturated carbocycles. The molecule has 2 atom stereocenters. The predicted molar refractivity (Wildman–Crippen MR) is 39.0 cm³/mol. The van der Waals surface area contributed by atoms with Crippen LogP contribution in [-0.2, 0) is 0 Å². The first-order valence-electron chi connectivity index (χ1n) is 2.56. The fraction of sp³-hybridized carbons (Fsp3) is 1.00. The van der Waals surface area contributed by atoms with Gasteiger partial charge in [-0.2, -0.15) is 0 Å². The van der Waals surface area contributed by atoms with Crippen molar-refractivity contribution in [1.82, 2.24) is 0 Å². The maximum absolute atomic E-state index is 2.29. The molecule has 0 N–H and O–H groups in total. The molecule has 0 spiro atoms. The second kappa shape index (κ2) is 2.31. The van der Waals surface area contributed by atoms with E-state index in [1.54, 1.807) is 0 Å². The van der Waals surface area contributed by atoms with Crippen molar-refractivity contribution in [2.75, 3.05) is 5.75 Å². The minimum atomic E-state index is 0.856. The number of hydrogen-bond donors (Lipinski definition) is 0. The summed E-state index contributed by atoms with van der Waals surface area (Å²) in [4.78, 5) is 0. The molecule has 1 rings (SSSR count). The Bertz CT molecular complexity index is 55.1. The smallest absolute Gasteiger partial charge is 0.0477 e. The van der Waals surface area contributed by atoms with E-state index in [9.17, 15) is 0 Å². The molecule has 0 radical (unpaired) electrons. The van der Waals surface area contributed by atoms with E-state index in [0.717, 1.165) is 9.83 Å². The van der Waals surface area contributed by atoms with Crippen LogP contribution >= 0.6 is 23.5 Å². The van der Waals surface area contributed by atoms with E-state index in [2.05, 4.69) is 37.4 Å². The lowest BCUT2D eigenvalue weighted by atomic mass is 10.6. The van der Waals surface area contributed by atoms with Crippen molar-refractivity contribution < 1.29 is 0 Å². The lowest BCUT2D eigenvalue weighted by molar-refractivity contribution is 1.15. The maximum Gasteiger partial charge on any atom is 0.0477 e. The van der Waals surface area contributed by atoms with Crippen LogP contribution in [0.25, 0.3) is 0 Å². The molecular weight excluding hydrogens is 124 g/mol. The van der Waals surface area contributed by atoms with Gasteiger partial charge in [-0.1, -0.05) is 6.92 Å². The third-order valence-corrected chi connectivity index (χ3v) is 4.12. The van der Waals surface area contributed by atoms with Gasteiger partial charge in [0.15, 0.2) is 0 Å². The van der Waals surface area contributed by atoms with Crippen LogP contribution in [0.1, 0.15) is 13.8 Å². The predicted octanol–water partition coefficient (Wildman–Crippen LogP) is 2.20. The minimum Gasteiger partial charge on any atom is -0.147 e. The third kappa shape index (κ3) is 1.57. The first-order valence-corrected chi connectivity index (χ1v) is 4.55. The number of hydrogen-bond acceptors (Lipinski definition) is 2. The van der Waals surface area contributed by atoms with Gasteiger partial charge in [-0.3, -0.25) is 0 Å². The van der Waals surface area contributed by atoms with Crippen molar-refractivity contribution in [3.05, 3.63) is 0 Å². The molecule has 2 heteroatoms. The first kappa shape index (κ1) is 5.83. The third-order valence-electron chi connectivity index (χ3n) is 0.990. The molecule has 1 heterocycles. The molecule has 0 bridgehead atoms. The Morgan fingerprint density at radius 2 is 2.14 bits per heavy atom. The van der Waals surface area contributed by atoms with E-state index in [1.165, 1.54) is 5.75 Å². The van der Waals surface area contributed by atoms with Crippen LogP contribution < -0.4 is 0 Å². The summed E-state index contributed by atoms with van der Waals surface area (Å²) in [5.41, 5.74) is 0. The van der Waals surface area contributed by atoms with Gasteiger partial charge in [0.1, 0.15) is 0 Å². The molecule has 1 fully saturated rings. The van der Waals surface area contributed by atoms with E-state index in [1.807, 2.05) is 0 Å². The van der Waals surface area contributed by atoms with Gasteiger partial charge in [-0.05, 0) is 6.92 Å². The van der Waals surface area contributed by atoms with E-state index in [-0.39, 0.29) is 0 Å². The molecule has 1 aliphatic heterocycles. The average Bonchev–Trinajstić information content (AvgIpc) is 1.87. The highest BCUT2D eigenvalue weighted by Crippen LogP contribution is 2.36. The average molecular weight is 134 g/mol. The van der Waals surface area contributed by atoms with Crippen molar-refractivity contribution in [3.8, 4) is 0 Å². The highest BCUT2D eigenvalue weighted by Gasteiger charge is 2.17. The largest absolute Gasteiger partial charge is 0.147 e. The van der Waals surface area contributed by atoms with Crippen molar-refractivity contribution >= 4 is 23.5 Å². The van der Waals surface area contributed by atoms with Gasteiger partial charge in [0.25, 0.3) is 0 Å². The van der Waals surface area contributed by atoms with Crippen LogP contribution in [0.15, 0.2) is 0 Å². The standard InChI is InChI=1S/C5H10S2/c1-4-3-6-5(2)7-4/h4-5H,3H2,1-2H3. The Balaban J connectivity index is 2.26. The fourth-order valence-electron chi connectivity index (χ4n) is 0.677. The van der Waals surface area contributed by atoms with Crippen molar-refractivity contribution in [2.24, 2.45) is 0 Å². The fourth-order valence-corrected chi connectivity index (χ4v) is 3.54. The van der Waals surface area contributed by atoms with Crippen LogP contribution in [0.5, 0.6) is 0 Å². The van der Waals surface area contributed by atoms with Crippen LogP contribution in [0.4, 0.5) is 0 Å². The van der Waals surface area contributed by atoms with Crippen LogP contribution in [-0.4, -0.2) is 15.6 Å². The van der Waals surface area contributed by atoms with Crippen LogP contribution in [0, 0.1) is 0 Å². The SMILES string of the molecule is CC1CSC(C)S1. The van der Waals surface area contributed by atoms with Crippen molar-refractivity contribution in [3.63, 3.8) is 0 Å². The molecule has 0 aromatic heterocycles. The van der Waals surface area contributed by atoms with E-state index < -0.39 is 0 Å². The summed E-state index contributed by atoms with van der Waals surface area (Å²) < 4.78 is 0.856. The summed E-state index contributed by atoms with van der Waals surface area (Å²) in [7, 11) is 0. The highest BCUT2D eigenvalue weighted by atomic mass is 32.2. The van der Waals surface area contributed by atoms with Gasteiger partial charge in [0, 0.05) is 15.6 Å². The van der Waals surface area contributed by atoms with E-state index >= 15 is 0 Å². The van der Waals surface area contributed by atoms with Crippen LogP contribution in [0.3, 0.4) is 0 Å². The molecule has 0 aliphatic carbocycles. The summed E-state index contributed by atoms with van der Waals surface area (Å²) in [6.07, 6.45) is 0. The van der Waals surface area contributed by atoms with E-state index in [0.29, 0.717) is 0 Å². The van der Waals surface area contributed by atoms with Crippen molar-refractivity contribution in [2.45, 2.75) is 23.7 Å². The Kier molecular flexibility index (Phi) is 1.93. The lowest BCUT2D eigenvalue weighted by Gasteiger charge is -1.95. The summed E-state index contributed by atoms with van der Waals surface area (Å²) in [5, 5.41) is 0.903. The van der Waals surface area contributed by atoms with Crippen LogP contribution in [0.2, 0.25) is 0 Å². The molecule has 42 valence electrons. The summed E-state index contributed by atoms with van der Waals surface area (Å²) >= 11 is 4.15. The highest BCUT2D eigenvalue weighted by molar-refractivity contribution is 8.20. The van der Waals surface area contributed by atoms with Gasteiger partial charge in [-0.25, -0.2) is 0 Å². The van der Waals surface area contributed by atoms with E-state index in [4.69, 9.17) is 0 Å². The van der Waals surface area contributed by atoms with Gasteiger partial charge in [0.05, 0.1) is 0 Å². The number of rotatable bonds is 0. The molecule has 0 amide bonds.